The molecule has 19 heteroatoms. The predicted octanol–water partition coefficient (Wildman–Crippen LogP) is 2.36. The Bertz CT molecular complexity index is 2000. The van der Waals surface area contributed by atoms with Crippen LogP contribution in [0.1, 0.15) is 93.1 Å². The zero-order valence-corrected chi connectivity index (χ0v) is 40.3. The smallest absolute Gasteiger partial charge is 0.326 e. The summed E-state index contributed by atoms with van der Waals surface area (Å²) in [6.45, 7) is 17.3. The summed E-state index contributed by atoms with van der Waals surface area (Å²) in [5.74, 6) is -10.5. The van der Waals surface area contributed by atoms with Crippen LogP contribution in [0, 0.1) is 23.7 Å². The van der Waals surface area contributed by atoms with Crippen LogP contribution in [0.4, 0.5) is 0 Å². The molecule has 0 aromatic heterocycles. The van der Waals surface area contributed by atoms with Crippen molar-refractivity contribution in [2.75, 3.05) is 14.2 Å². The molecule has 1 aromatic rings. The van der Waals surface area contributed by atoms with Crippen molar-refractivity contribution in [1.82, 2.24) is 36.8 Å². The first-order chi connectivity index (χ1) is 31.3. The monoisotopic (exact) mass is 938 g/mol. The van der Waals surface area contributed by atoms with Gasteiger partial charge in [-0.2, -0.15) is 0 Å². The molecule has 19 nitrogen and oxygen atoms in total. The third-order valence-electron chi connectivity index (χ3n) is 11.3. The molecular weight excluding hydrogens is 867 g/mol. The second-order valence-corrected chi connectivity index (χ2v) is 18.0. The molecule has 1 aliphatic heterocycles. The molecule has 1 heterocycles. The molecule has 9 atom stereocenters. The van der Waals surface area contributed by atoms with E-state index in [0.717, 1.165) is 16.0 Å². The highest BCUT2D eigenvalue weighted by molar-refractivity contribution is 6.00. The molecule has 0 unspecified atom stereocenters. The van der Waals surface area contributed by atoms with E-state index in [1.807, 2.05) is 50.3 Å². The van der Waals surface area contributed by atoms with Gasteiger partial charge in [-0.15, -0.1) is 0 Å². The van der Waals surface area contributed by atoms with E-state index in [1.54, 1.807) is 47.0 Å². The zero-order chi connectivity index (χ0) is 50.7. The number of methoxy groups -OCH3 is 1. The number of likely N-dealkylation sites (N-methyl/N-ethyl adjacent to an activating group) is 1. The number of ether oxygens (including phenoxy) is 1. The number of hydrogen-bond acceptors (Lipinski definition) is 10. The van der Waals surface area contributed by atoms with Crippen LogP contribution < -0.4 is 31.9 Å². The number of aliphatic carboxylic acids is 2. The van der Waals surface area contributed by atoms with Gasteiger partial charge in [-0.3, -0.25) is 33.6 Å². The van der Waals surface area contributed by atoms with Crippen LogP contribution >= 0.6 is 0 Å². The lowest BCUT2D eigenvalue weighted by atomic mass is 9.94. The van der Waals surface area contributed by atoms with Crippen LogP contribution in [0.25, 0.3) is 0 Å². The fourth-order valence-corrected chi connectivity index (χ4v) is 7.19. The average Bonchev–Trinajstić information content (AvgIpc) is 3.25. The first kappa shape index (κ1) is 56.8. The van der Waals surface area contributed by atoms with E-state index in [1.165, 1.54) is 20.9 Å². The summed E-state index contributed by atoms with van der Waals surface area (Å²) in [4.78, 5) is 120. The molecule has 0 aliphatic carbocycles. The van der Waals surface area contributed by atoms with Crippen molar-refractivity contribution in [3.8, 4) is 0 Å². The highest BCUT2D eigenvalue weighted by atomic mass is 16.5. The minimum Gasteiger partial charge on any atom is -0.480 e. The molecule has 8 N–H and O–H groups in total. The first-order valence-electron chi connectivity index (χ1n) is 22.5. The van der Waals surface area contributed by atoms with Gasteiger partial charge in [0.25, 0.3) is 5.91 Å². The minimum atomic E-state index is -1.80. The van der Waals surface area contributed by atoms with Crippen LogP contribution in [0.5, 0.6) is 0 Å². The number of carboxylic acid groups (broad SMARTS) is 2. The summed E-state index contributed by atoms with van der Waals surface area (Å²) in [5.41, 5.74) is 1.43. The van der Waals surface area contributed by atoms with Crippen LogP contribution in [-0.4, -0.2) is 125 Å². The molecular formula is C48H71N7O12. The fourth-order valence-electron chi connectivity index (χ4n) is 7.19. The second kappa shape index (κ2) is 27.3. The summed E-state index contributed by atoms with van der Waals surface area (Å²) in [6, 6.07) is 1.46. The Morgan fingerprint density at radius 2 is 1.34 bits per heavy atom. The van der Waals surface area contributed by atoms with Crippen molar-refractivity contribution in [3.05, 3.63) is 72.0 Å². The van der Waals surface area contributed by atoms with Gasteiger partial charge in [0.15, 0.2) is 0 Å². The minimum absolute atomic E-state index is 0.0381. The van der Waals surface area contributed by atoms with Crippen LogP contribution in [0.3, 0.4) is 0 Å². The van der Waals surface area contributed by atoms with Gasteiger partial charge < -0.3 is 51.8 Å². The molecule has 0 spiro atoms. The topological polar surface area (TPSA) is 279 Å². The van der Waals surface area contributed by atoms with E-state index >= 15 is 0 Å². The Kier molecular flexibility index (Phi) is 23.1. The summed E-state index contributed by atoms with van der Waals surface area (Å²) in [7, 11) is 2.85. The number of hydrogen-bond donors (Lipinski definition) is 8. The van der Waals surface area contributed by atoms with Gasteiger partial charge in [0.1, 0.15) is 35.9 Å². The molecule has 1 fully saturated rings. The Morgan fingerprint density at radius 3 is 1.90 bits per heavy atom. The number of nitrogens with one attached hydrogen (secondary N) is 6. The molecule has 67 heavy (non-hydrogen) atoms. The van der Waals surface area contributed by atoms with Gasteiger partial charge in [-0.25, -0.2) is 9.59 Å². The van der Waals surface area contributed by atoms with Gasteiger partial charge in [0.2, 0.25) is 35.4 Å². The number of allylic oxidation sites excluding steroid dienone is 2. The summed E-state index contributed by atoms with van der Waals surface area (Å²) in [6.07, 6.45) is 4.11. The lowest BCUT2D eigenvalue weighted by molar-refractivity contribution is -0.144. The van der Waals surface area contributed by atoms with E-state index < -0.39 is 120 Å². The maximum absolute atomic E-state index is 14.2. The van der Waals surface area contributed by atoms with Gasteiger partial charge in [-0.05, 0) is 56.9 Å². The highest BCUT2D eigenvalue weighted by Gasteiger charge is 2.34. The van der Waals surface area contributed by atoms with Crippen molar-refractivity contribution in [1.29, 1.82) is 0 Å². The highest BCUT2D eigenvalue weighted by Crippen LogP contribution is 2.19. The number of benzene rings is 1. The first-order valence-corrected chi connectivity index (χ1v) is 22.5. The number of nitrogens with zero attached hydrogens (tertiary/aromatic N) is 1. The van der Waals surface area contributed by atoms with Crippen LogP contribution in [0.2, 0.25) is 0 Å². The molecule has 7 amide bonds. The maximum Gasteiger partial charge on any atom is 0.326 e. The van der Waals surface area contributed by atoms with Crippen molar-refractivity contribution < 1.29 is 58.1 Å². The molecule has 1 saturated heterocycles. The number of carboxylic acids is 2. The zero-order valence-electron chi connectivity index (χ0n) is 40.3. The molecule has 0 saturated carbocycles. The molecule has 370 valence electrons. The molecule has 0 radical (unpaired) electrons. The second-order valence-electron chi connectivity index (χ2n) is 18.0. The molecule has 1 aromatic carbocycles. The normalized spacial score (nSPS) is 25.2. The van der Waals surface area contributed by atoms with E-state index in [4.69, 9.17) is 4.74 Å². The van der Waals surface area contributed by atoms with Crippen molar-refractivity contribution in [3.63, 3.8) is 0 Å². The summed E-state index contributed by atoms with van der Waals surface area (Å²) < 4.78 is 5.81. The van der Waals surface area contributed by atoms with Crippen molar-refractivity contribution in [2.45, 2.75) is 136 Å². The molecule has 0 bridgehead atoms. The number of amides is 7. The van der Waals surface area contributed by atoms with Gasteiger partial charge in [-0.1, -0.05) is 102 Å². The maximum atomic E-state index is 14.2. The lowest BCUT2D eigenvalue weighted by Crippen LogP contribution is -2.57. The molecule has 1 aliphatic rings. The third kappa shape index (κ3) is 19.2. The number of carbonyl (C=O) groups is 9. The average molecular weight is 938 g/mol. The van der Waals surface area contributed by atoms with Crippen molar-refractivity contribution >= 4 is 53.3 Å². The quantitative estimate of drug-likeness (QED) is 0.105. The standard InChI is InChI=1S/C48H71N7O12/c1-26(2)21-36-45(61)51-34(18-17-28(5)23-29(6)39(67-11)24-33-15-13-12-14-16-33)30(7)42(58)52-35(47(63)64)19-20-41(57)55(10)32(9)44(60)49-31(8)43(59)53-37(22-27(3)4)46(62)54-38(48(65)66)25-40(56)50-36/h12-18,23,26-27,29-31,34-39H,9,19-22,24-25H2,1-8,10-11H3,(H,49,60)(H,50,56)(H,51,61)(H,52,58)(H,53,59)(H,54,62)(H,63,64)(H,65,66)/b18-17+,28-23+/t29-,30-,31+,34-,35+,36-,37-,38+,39-/m0/s1. The largest absolute Gasteiger partial charge is 0.480 e. The van der Waals surface area contributed by atoms with Gasteiger partial charge in [0, 0.05) is 26.5 Å². The van der Waals surface area contributed by atoms with E-state index in [9.17, 15) is 53.4 Å². The van der Waals surface area contributed by atoms with Gasteiger partial charge >= 0.3 is 11.9 Å². The molecule has 2 rings (SSSR count). The lowest BCUT2D eigenvalue weighted by Gasteiger charge is -2.27. The third-order valence-corrected chi connectivity index (χ3v) is 11.3. The Hall–Kier alpha value is -6.37. The SMILES string of the molecule is C=C1C(=O)N[C@H](C)C(=O)N[C@@H](CC(C)C)C(=O)N[C@@H](C(=O)O)CC(=O)N[C@@H](CC(C)C)C(=O)N[C@@H](/C=C/C(C)=C/[C@H](C)[C@H](Cc2ccccc2)OC)[C@H](C)C(=O)N[C@@H](C(=O)O)CCC(=O)N1C. The van der Waals surface area contributed by atoms with E-state index in [2.05, 4.69) is 38.5 Å². The van der Waals surface area contributed by atoms with Crippen molar-refractivity contribution in [2.24, 2.45) is 23.7 Å². The van der Waals surface area contributed by atoms with Crippen LogP contribution in [0.15, 0.2) is 66.4 Å². The Labute approximate surface area is 393 Å². The number of rotatable bonds is 13. The van der Waals surface area contributed by atoms with Crippen LogP contribution in [-0.2, 0) is 54.3 Å². The Morgan fingerprint density at radius 1 is 0.791 bits per heavy atom. The Balaban J connectivity index is 2.64. The number of carbonyl (C=O) groups excluding carboxylic acids is 7. The van der Waals surface area contributed by atoms with Gasteiger partial charge in [0.05, 0.1) is 24.5 Å². The summed E-state index contributed by atoms with van der Waals surface area (Å²) in [5, 5.41) is 35.3. The fraction of sp³-hybridized carbons (Fsp3) is 0.562. The van der Waals surface area contributed by atoms with E-state index in [-0.39, 0.29) is 36.7 Å². The summed E-state index contributed by atoms with van der Waals surface area (Å²) >= 11 is 0. The van der Waals surface area contributed by atoms with E-state index in [0.29, 0.717) is 6.42 Å². The predicted molar refractivity (Wildman–Crippen MR) is 249 cm³/mol.